The van der Waals surface area contributed by atoms with Crippen LogP contribution in [0.25, 0.3) is 0 Å². The van der Waals surface area contributed by atoms with E-state index in [-0.39, 0.29) is 25.7 Å². The van der Waals surface area contributed by atoms with Gasteiger partial charge in [-0.15, -0.1) is 0 Å². The molecule has 0 saturated heterocycles. The van der Waals surface area contributed by atoms with E-state index in [4.69, 9.17) is 37.0 Å². The number of ether oxygens (including phenoxy) is 4. The Bertz CT molecular complexity index is 1960. The van der Waals surface area contributed by atoms with Crippen LogP contribution in [0.1, 0.15) is 427 Å². The van der Waals surface area contributed by atoms with Gasteiger partial charge in [-0.05, 0) is 43.4 Å². The van der Waals surface area contributed by atoms with Crippen LogP contribution in [0.2, 0.25) is 0 Å². The molecule has 101 heavy (non-hydrogen) atoms. The summed E-state index contributed by atoms with van der Waals surface area (Å²) in [6.07, 6.45) is 61.1. The van der Waals surface area contributed by atoms with Crippen LogP contribution in [-0.4, -0.2) is 96.7 Å². The smallest absolute Gasteiger partial charge is 0.462 e. The number of carbonyl (C=O) groups is 4. The number of aliphatic hydroxyl groups is 1. The zero-order valence-corrected chi connectivity index (χ0v) is 68.2. The van der Waals surface area contributed by atoms with Crippen LogP contribution in [0.4, 0.5) is 0 Å². The third-order valence-corrected chi connectivity index (χ3v) is 21.0. The molecule has 17 nitrogen and oxygen atoms in total. The Kier molecular flexibility index (Phi) is 70.9. The molecule has 0 aromatic heterocycles. The topological polar surface area (TPSA) is 237 Å². The van der Waals surface area contributed by atoms with Crippen molar-refractivity contribution in [3.8, 4) is 0 Å². The number of aliphatic hydroxyl groups excluding tert-OH is 1. The fraction of sp³-hybridized carbons (Fsp3) is 0.951. The summed E-state index contributed by atoms with van der Waals surface area (Å²) in [5, 5.41) is 10.6. The maximum absolute atomic E-state index is 13.1. The first-order valence-electron chi connectivity index (χ1n) is 42.3. The van der Waals surface area contributed by atoms with Gasteiger partial charge in [-0.1, -0.05) is 376 Å². The molecule has 0 heterocycles. The highest BCUT2D eigenvalue weighted by atomic mass is 31.2. The van der Waals surface area contributed by atoms with Crippen LogP contribution in [-0.2, 0) is 65.4 Å². The van der Waals surface area contributed by atoms with Gasteiger partial charge in [-0.2, -0.15) is 0 Å². The SMILES string of the molecule is CCCCCCCCCCCCCCCCCCCCCC(=O)O[C@H](COC(=O)CCCCCCCCCCCCCCCCCC(C)C)COP(=O)(O)OC[C@@H](O)COP(=O)(O)OC[C@@H](COC(=O)CCCCCCCCCCCC(C)C)OC(=O)CCCCCCCCCCCC(C)C. The lowest BCUT2D eigenvalue weighted by Crippen LogP contribution is -2.30. The second-order valence-electron chi connectivity index (χ2n) is 30.9. The van der Waals surface area contributed by atoms with Gasteiger partial charge in [0.1, 0.15) is 19.3 Å². The number of rotatable bonds is 80. The van der Waals surface area contributed by atoms with Crippen molar-refractivity contribution in [1.29, 1.82) is 0 Å². The van der Waals surface area contributed by atoms with E-state index in [1.54, 1.807) is 0 Å². The lowest BCUT2D eigenvalue weighted by atomic mass is 10.0. The van der Waals surface area contributed by atoms with E-state index in [2.05, 4.69) is 48.5 Å². The van der Waals surface area contributed by atoms with E-state index in [0.29, 0.717) is 25.7 Å². The standard InChI is InChI=1S/C82H160O17P2/c1-8-9-10-11-12-13-14-15-16-17-18-19-22-26-29-36-44-51-58-65-81(86)98-77(69-92-79(84)63-56-49-42-35-28-25-23-20-21-24-27-32-39-46-53-60-73(2)3)71-96-100(88,89)94-67-76(83)68-95-101(90,91)97-72-78(99-82(87)66-59-52-45-38-31-34-41-48-55-62-75(6)7)70-93-80(85)64-57-50-43-37-30-33-40-47-54-61-74(4)5/h73-78,83H,8-72H2,1-7H3,(H,88,89)(H,90,91)/t76-,77-,78-/m1/s1. The second-order valence-corrected chi connectivity index (χ2v) is 33.8. The minimum atomic E-state index is -4.96. The van der Waals surface area contributed by atoms with Gasteiger partial charge in [-0.25, -0.2) is 9.13 Å². The van der Waals surface area contributed by atoms with Gasteiger partial charge in [0.05, 0.1) is 26.4 Å². The van der Waals surface area contributed by atoms with Gasteiger partial charge >= 0.3 is 39.5 Å². The van der Waals surface area contributed by atoms with Crippen molar-refractivity contribution in [2.24, 2.45) is 17.8 Å². The molecule has 0 aliphatic rings. The highest BCUT2D eigenvalue weighted by molar-refractivity contribution is 7.47. The third-order valence-electron chi connectivity index (χ3n) is 19.1. The van der Waals surface area contributed by atoms with E-state index in [0.717, 1.165) is 108 Å². The molecule has 0 aromatic rings. The number of phosphoric acid groups is 2. The van der Waals surface area contributed by atoms with E-state index < -0.39 is 97.5 Å². The molecule has 0 fully saturated rings. The van der Waals surface area contributed by atoms with Crippen LogP contribution in [0.5, 0.6) is 0 Å². The first-order chi connectivity index (χ1) is 48.7. The van der Waals surface area contributed by atoms with E-state index in [1.165, 1.54) is 238 Å². The van der Waals surface area contributed by atoms with Gasteiger partial charge in [0.25, 0.3) is 0 Å². The summed E-state index contributed by atoms with van der Waals surface area (Å²) >= 11 is 0. The van der Waals surface area contributed by atoms with Gasteiger partial charge in [0.2, 0.25) is 0 Å². The molecule has 0 rings (SSSR count). The van der Waals surface area contributed by atoms with Crippen molar-refractivity contribution in [2.45, 2.75) is 446 Å². The minimum absolute atomic E-state index is 0.105. The molecule has 0 radical (unpaired) electrons. The van der Waals surface area contributed by atoms with Crippen molar-refractivity contribution >= 4 is 39.5 Å². The predicted molar refractivity (Wildman–Crippen MR) is 414 cm³/mol. The molecule has 3 N–H and O–H groups in total. The molecule has 0 spiro atoms. The Balaban J connectivity index is 5.24. The highest BCUT2D eigenvalue weighted by Crippen LogP contribution is 2.45. The fourth-order valence-electron chi connectivity index (χ4n) is 12.7. The summed E-state index contributed by atoms with van der Waals surface area (Å²) in [5.74, 6) is 0.176. The highest BCUT2D eigenvalue weighted by Gasteiger charge is 2.30. The molecule has 5 atom stereocenters. The van der Waals surface area contributed by atoms with Crippen LogP contribution in [0, 0.1) is 17.8 Å². The average Bonchev–Trinajstić information content (AvgIpc) is 2.17. The molecule has 0 aliphatic heterocycles. The molecular formula is C82H160O17P2. The molecular weight excluding hydrogens is 1320 g/mol. The molecule has 0 saturated carbocycles. The molecule has 2 unspecified atom stereocenters. The zero-order valence-electron chi connectivity index (χ0n) is 66.4. The molecule has 0 bridgehead atoms. The molecule has 19 heteroatoms. The van der Waals surface area contributed by atoms with E-state index in [1.807, 2.05) is 0 Å². The van der Waals surface area contributed by atoms with Crippen molar-refractivity contribution < 1.29 is 80.2 Å². The third kappa shape index (κ3) is 76.1. The number of phosphoric ester groups is 2. The lowest BCUT2D eigenvalue weighted by molar-refractivity contribution is -0.161. The summed E-state index contributed by atoms with van der Waals surface area (Å²) in [6.45, 7) is 11.9. The number of esters is 4. The van der Waals surface area contributed by atoms with Gasteiger partial charge in [0, 0.05) is 25.7 Å². The first-order valence-corrected chi connectivity index (χ1v) is 45.3. The largest absolute Gasteiger partial charge is 0.472 e. The van der Waals surface area contributed by atoms with E-state index in [9.17, 15) is 43.2 Å². The number of carbonyl (C=O) groups excluding carboxylic acids is 4. The molecule has 0 amide bonds. The summed E-state index contributed by atoms with van der Waals surface area (Å²) in [7, 11) is -9.92. The second kappa shape index (κ2) is 72.3. The number of hydrogen-bond acceptors (Lipinski definition) is 15. The van der Waals surface area contributed by atoms with Crippen molar-refractivity contribution in [3.63, 3.8) is 0 Å². The van der Waals surface area contributed by atoms with Crippen LogP contribution in [0.15, 0.2) is 0 Å². The normalized spacial score (nSPS) is 14.0. The first kappa shape index (κ1) is 99.1. The fourth-order valence-corrected chi connectivity index (χ4v) is 14.2. The summed E-state index contributed by atoms with van der Waals surface area (Å²) < 4.78 is 68.8. The van der Waals surface area contributed by atoms with Gasteiger partial charge < -0.3 is 33.8 Å². The maximum Gasteiger partial charge on any atom is 0.472 e. The molecule has 0 aromatic carbocycles. The molecule has 0 aliphatic carbocycles. The van der Waals surface area contributed by atoms with Crippen molar-refractivity contribution in [2.75, 3.05) is 39.6 Å². The summed E-state index contributed by atoms with van der Waals surface area (Å²) in [4.78, 5) is 73.1. The van der Waals surface area contributed by atoms with Crippen LogP contribution < -0.4 is 0 Å². The molecule has 600 valence electrons. The van der Waals surface area contributed by atoms with Crippen LogP contribution in [0.3, 0.4) is 0 Å². The maximum atomic E-state index is 13.1. The Morgan fingerprint density at radius 3 is 0.673 bits per heavy atom. The zero-order chi connectivity index (χ0) is 74.4. The Morgan fingerprint density at radius 2 is 0.455 bits per heavy atom. The predicted octanol–water partition coefficient (Wildman–Crippen LogP) is 24.5. The van der Waals surface area contributed by atoms with Crippen molar-refractivity contribution in [1.82, 2.24) is 0 Å². The number of unbranched alkanes of at least 4 members (excludes halogenated alkanes) is 48. The Labute approximate surface area is 619 Å². The summed E-state index contributed by atoms with van der Waals surface area (Å²) in [6, 6.07) is 0. The quantitative estimate of drug-likeness (QED) is 0.0222. The van der Waals surface area contributed by atoms with Crippen molar-refractivity contribution in [3.05, 3.63) is 0 Å². The summed E-state index contributed by atoms with van der Waals surface area (Å²) in [5.41, 5.74) is 0. The minimum Gasteiger partial charge on any atom is -0.462 e. The van der Waals surface area contributed by atoms with E-state index >= 15 is 0 Å². The Morgan fingerprint density at radius 1 is 0.267 bits per heavy atom. The Hall–Kier alpha value is -1.94. The van der Waals surface area contributed by atoms with Gasteiger partial charge in [-0.3, -0.25) is 37.3 Å². The average molecular weight is 1480 g/mol. The van der Waals surface area contributed by atoms with Gasteiger partial charge in [0.15, 0.2) is 12.2 Å². The van der Waals surface area contributed by atoms with Crippen LogP contribution >= 0.6 is 15.6 Å². The number of hydrogen-bond donors (Lipinski definition) is 3. The monoisotopic (exact) mass is 1480 g/mol. The lowest BCUT2D eigenvalue weighted by Gasteiger charge is -2.21.